The molecule has 3 rings (SSSR count). The molecule has 0 saturated carbocycles. The van der Waals surface area contributed by atoms with Gasteiger partial charge in [-0.2, -0.15) is 0 Å². The number of nitrogens with two attached hydrogens (primary N) is 1. The monoisotopic (exact) mass is 326 g/mol. The molecule has 2 aromatic carbocycles. The van der Waals surface area contributed by atoms with Crippen molar-refractivity contribution in [2.24, 2.45) is 5.73 Å². The predicted octanol–water partition coefficient (Wildman–Crippen LogP) is 2.47. The van der Waals surface area contributed by atoms with Gasteiger partial charge in [0.05, 0.1) is 13.2 Å². The fourth-order valence-corrected chi connectivity index (χ4v) is 2.95. The number of benzene rings is 2. The van der Waals surface area contributed by atoms with E-state index in [1.165, 1.54) is 11.1 Å². The molecule has 0 aliphatic carbocycles. The summed E-state index contributed by atoms with van der Waals surface area (Å²) in [6, 6.07) is 18.6. The van der Waals surface area contributed by atoms with Crippen molar-refractivity contribution in [3.05, 3.63) is 65.7 Å². The highest BCUT2D eigenvalue weighted by molar-refractivity contribution is 5.28. The van der Waals surface area contributed by atoms with Crippen LogP contribution in [0.3, 0.4) is 0 Å². The van der Waals surface area contributed by atoms with E-state index < -0.39 is 0 Å². The molecule has 1 atom stereocenters. The molecule has 0 unspecified atom stereocenters. The summed E-state index contributed by atoms with van der Waals surface area (Å²) in [5, 5.41) is 0. The molecule has 4 heteroatoms. The van der Waals surface area contributed by atoms with E-state index >= 15 is 0 Å². The second-order valence-corrected chi connectivity index (χ2v) is 6.30. The Bertz CT molecular complexity index is 595. The Labute approximate surface area is 144 Å². The molecular formula is C20H26N2O2. The summed E-state index contributed by atoms with van der Waals surface area (Å²) >= 11 is 0. The minimum absolute atomic E-state index is 0.152. The molecule has 0 bridgehead atoms. The van der Waals surface area contributed by atoms with Crippen molar-refractivity contribution in [1.29, 1.82) is 0 Å². The van der Waals surface area contributed by atoms with Gasteiger partial charge < -0.3 is 15.2 Å². The number of hydrogen-bond acceptors (Lipinski definition) is 4. The van der Waals surface area contributed by atoms with Crippen LogP contribution < -0.4 is 10.5 Å². The summed E-state index contributed by atoms with van der Waals surface area (Å²) < 4.78 is 11.2. The van der Waals surface area contributed by atoms with E-state index in [1.807, 2.05) is 30.3 Å². The molecule has 1 saturated heterocycles. The quantitative estimate of drug-likeness (QED) is 0.849. The van der Waals surface area contributed by atoms with Crippen LogP contribution in [0.5, 0.6) is 5.75 Å². The molecule has 1 heterocycles. The van der Waals surface area contributed by atoms with Gasteiger partial charge in [-0.05, 0) is 29.7 Å². The Hall–Kier alpha value is -1.88. The summed E-state index contributed by atoms with van der Waals surface area (Å²) in [5.74, 6) is 0.893. The summed E-state index contributed by atoms with van der Waals surface area (Å²) in [5.41, 5.74) is 8.72. The number of morpholine rings is 1. The van der Waals surface area contributed by atoms with E-state index in [9.17, 15) is 0 Å². The van der Waals surface area contributed by atoms with Gasteiger partial charge in [0, 0.05) is 25.7 Å². The van der Waals surface area contributed by atoms with Gasteiger partial charge in [0.15, 0.2) is 0 Å². The number of rotatable bonds is 7. The van der Waals surface area contributed by atoms with Crippen LogP contribution in [-0.4, -0.2) is 43.8 Å². The topological polar surface area (TPSA) is 47.7 Å². The van der Waals surface area contributed by atoms with Crippen LogP contribution in [0.4, 0.5) is 0 Å². The summed E-state index contributed by atoms with van der Waals surface area (Å²) in [6.07, 6.45) is 0.885. The molecule has 0 amide bonds. The number of ether oxygens (including phenoxy) is 2. The van der Waals surface area contributed by atoms with Crippen LogP contribution >= 0.6 is 0 Å². The third kappa shape index (κ3) is 5.34. The normalized spacial score (nSPS) is 16.7. The predicted molar refractivity (Wildman–Crippen MR) is 96.2 cm³/mol. The van der Waals surface area contributed by atoms with Gasteiger partial charge in [0.25, 0.3) is 0 Å². The summed E-state index contributed by atoms with van der Waals surface area (Å²) in [6.45, 7) is 5.13. The Kier molecular flexibility index (Phi) is 6.24. The van der Waals surface area contributed by atoms with Crippen molar-refractivity contribution in [1.82, 2.24) is 4.90 Å². The Balaban J connectivity index is 1.45. The Morgan fingerprint density at radius 3 is 2.38 bits per heavy atom. The molecule has 0 radical (unpaired) electrons. The maximum absolute atomic E-state index is 6.30. The lowest BCUT2D eigenvalue weighted by Gasteiger charge is -2.29. The first-order valence-electron chi connectivity index (χ1n) is 8.61. The standard InChI is InChI=1S/C20H26N2O2/c21-19(15-22-10-12-23-13-11-22)14-17-6-8-20(9-7-17)24-16-18-4-2-1-3-5-18/h1-9,19H,10-16,21H2/t19-/m1/s1. The summed E-state index contributed by atoms with van der Waals surface area (Å²) in [7, 11) is 0. The van der Waals surface area contributed by atoms with Crippen molar-refractivity contribution in [3.63, 3.8) is 0 Å². The van der Waals surface area contributed by atoms with Crippen LogP contribution in [0.15, 0.2) is 54.6 Å². The highest BCUT2D eigenvalue weighted by atomic mass is 16.5. The zero-order chi connectivity index (χ0) is 16.6. The van der Waals surface area contributed by atoms with Crippen LogP contribution in [-0.2, 0) is 17.8 Å². The van der Waals surface area contributed by atoms with E-state index in [0.717, 1.165) is 45.0 Å². The van der Waals surface area contributed by atoms with Gasteiger partial charge in [0.1, 0.15) is 12.4 Å². The first kappa shape index (κ1) is 17.0. The zero-order valence-corrected chi connectivity index (χ0v) is 14.1. The molecule has 1 aliphatic rings. The van der Waals surface area contributed by atoms with Gasteiger partial charge in [-0.15, -0.1) is 0 Å². The van der Waals surface area contributed by atoms with Crippen LogP contribution in [0.1, 0.15) is 11.1 Å². The van der Waals surface area contributed by atoms with E-state index in [-0.39, 0.29) is 6.04 Å². The molecule has 1 aliphatic heterocycles. The van der Waals surface area contributed by atoms with E-state index in [2.05, 4.69) is 29.2 Å². The highest BCUT2D eigenvalue weighted by Gasteiger charge is 2.14. The largest absolute Gasteiger partial charge is 0.489 e. The van der Waals surface area contributed by atoms with Crippen molar-refractivity contribution in [2.45, 2.75) is 19.1 Å². The fraction of sp³-hybridized carbons (Fsp3) is 0.400. The lowest BCUT2D eigenvalue weighted by atomic mass is 10.1. The second kappa shape index (κ2) is 8.83. The average Bonchev–Trinajstić information content (AvgIpc) is 2.63. The average molecular weight is 326 g/mol. The van der Waals surface area contributed by atoms with Crippen molar-refractivity contribution in [2.75, 3.05) is 32.8 Å². The SMILES string of the molecule is N[C@H](Cc1ccc(OCc2ccccc2)cc1)CN1CCOCC1. The zero-order valence-electron chi connectivity index (χ0n) is 14.1. The van der Waals surface area contributed by atoms with Gasteiger partial charge in [0.2, 0.25) is 0 Å². The van der Waals surface area contributed by atoms with Gasteiger partial charge in [-0.1, -0.05) is 42.5 Å². The maximum Gasteiger partial charge on any atom is 0.119 e. The molecule has 0 spiro atoms. The van der Waals surface area contributed by atoms with Gasteiger partial charge in [-0.3, -0.25) is 4.90 Å². The highest BCUT2D eigenvalue weighted by Crippen LogP contribution is 2.15. The molecule has 1 fully saturated rings. The van der Waals surface area contributed by atoms with Gasteiger partial charge in [-0.25, -0.2) is 0 Å². The van der Waals surface area contributed by atoms with E-state index in [1.54, 1.807) is 0 Å². The summed E-state index contributed by atoms with van der Waals surface area (Å²) in [4.78, 5) is 2.38. The van der Waals surface area contributed by atoms with Crippen molar-refractivity contribution >= 4 is 0 Å². The van der Waals surface area contributed by atoms with Crippen LogP contribution in [0.25, 0.3) is 0 Å². The molecule has 2 N–H and O–H groups in total. The van der Waals surface area contributed by atoms with Crippen molar-refractivity contribution in [3.8, 4) is 5.75 Å². The van der Waals surface area contributed by atoms with Gasteiger partial charge >= 0.3 is 0 Å². The first-order chi connectivity index (χ1) is 11.8. The van der Waals surface area contributed by atoms with E-state index in [4.69, 9.17) is 15.2 Å². The lowest BCUT2D eigenvalue weighted by Crippen LogP contribution is -2.44. The van der Waals surface area contributed by atoms with E-state index in [0.29, 0.717) is 6.61 Å². The lowest BCUT2D eigenvalue weighted by molar-refractivity contribution is 0.0353. The van der Waals surface area contributed by atoms with Crippen LogP contribution in [0.2, 0.25) is 0 Å². The number of nitrogens with zero attached hydrogens (tertiary/aromatic N) is 1. The second-order valence-electron chi connectivity index (χ2n) is 6.30. The Morgan fingerprint density at radius 2 is 1.67 bits per heavy atom. The number of hydrogen-bond donors (Lipinski definition) is 1. The maximum atomic E-state index is 6.30. The smallest absolute Gasteiger partial charge is 0.119 e. The van der Waals surface area contributed by atoms with Crippen LogP contribution in [0, 0.1) is 0 Å². The fourth-order valence-electron chi connectivity index (χ4n) is 2.95. The molecule has 2 aromatic rings. The minimum atomic E-state index is 0.152. The molecule has 128 valence electrons. The molecule has 0 aromatic heterocycles. The minimum Gasteiger partial charge on any atom is -0.489 e. The third-order valence-corrected chi connectivity index (χ3v) is 4.27. The first-order valence-corrected chi connectivity index (χ1v) is 8.61. The molecule has 24 heavy (non-hydrogen) atoms. The Morgan fingerprint density at radius 1 is 0.958 bits per heavy atom. The molecule has 4 nitrogen and oxygen atoms in total. The molecular weight excluding hydrogens is 300 g/mol. The third-order valence-electron chi connectivity index (χ3n) is 4.27. The van der Waals surface area contributed by atoms with Crippen molar-refractivity contribution < 1.29 is 9.47 Å².